The monoisotopic (exact) mass is 671 g/mol. The van der Waals surface area contributed by atoms with E-state index in [4.69, 9.17) is 9.47 Å². The summed E-state index contributed by atoms with van der Waals surface area (Å²) in [5, 5.41) is 1.54. The minimum atomic E-state index is -4.14. The van der Waals surface area contributed by atoms with Crippen molar-refractivity contribution in [2.75, 3.05) is 18.7 Å². The second-order valence-corrected chi connectivity index (χ2v) is 12.9. The lowest BCUT2D eigenvalue weighted by Crippen LogP contribution is -2.51. The van der Waals surface area contributed by atoms with Crippen molar-refractivity contribution in [3.8, 4) is 0 Å². The van der Waals surface area contributed by atoms with E-state index in [1.54, 1.807) is 66.7 Å². The zero-order valence-corrected chi connectivity index (χ0v) is 28.1. The zero-order chi connectivity index (χ0) is 34.7. The van der Waals surface area contributed by atoms with Crippen LogP contribution in [0.3, 0.4) is 0 Å². The van der Waals surface area contributed by atoms with Crippen LogP contribution in [0.2, 0.25) is 0 Å². The first kappa shape index (κ1) is 35.8. The van der Waals surface area contributed by atoms with Gasteiger partial charge in [-0.2, -0.15) is 0 Å². The third kappa shape index (κ3) is 8.28. The SMILES string of the molecule is C=CCOC(CCCCCC(=O)OC)C(=O)N(NC(=O)c1c(CC=C)n(S(=O)(=O)c2ccc(C)cc2)c2ccccc12)c1ccccc1. The number of carbonyl (C=O) groups excluding carboxylic acids is 3. The van der Waals surface area contributed by atoms with Gasteiger partial charge in [-0.3, -0.25) is 19.8 Å². The van der Waals surface area contributed by atoms with Crippen LogP contribution in [0.4, 0.5) is 5.69 Å². The first-order chi connectivity index (χ1) is 23.1. The molecule has 2 amide bonds. The van der Waals surface area contributed by atoms with Gasteiger partial charge in [0, 0.05) is 18.2 Å². The van der Waals surface area contributed by atoms with E-state index >= 15 is 0 Å². The number of carbonyl (C=O) groups is 3. The normalized spacial score (nSPS) is 11.9. The summed E-state index contributed by atoms with van der Waals surface area (Å²) in [7, 11) is -2.80. The molecule has 0 fully saturated rings. The molecule has 4 aromatic rings. The molecule has 0 saturated carbocycles. The fourth-order valence-electron chi connectivity index (χ4n) is 5.40. The van der Waals surface area contributed by atoms with Crippen molar-refractivity contribution in [1.29, 1.82) is 0 Å². The van der Waals surface area contributed by atoms with E-state index < -0.39 is 27.9 Å². The summed E-state index contributed by atoms with van der Waals surface area (Å²) in [6.07, 6.45) is 4.60. The highest BCUT2D eigenvalue weighted by molar-refractivity contribution is 7.90. The van der Waals surface area contributed by atoms with Crippen molar-refractivity contribution in [2.24, 2.45) is 0 Å². The van der Waals surface area contributed by atoms with Crippen LogP contribution in [0.15, 0.2) is 109 Å². The number of hydrogen-bond donors (Lipinski definition) is 1. The molecule has 0 aliphatic heterocycles. The van der Waals surface area contributed by atoms with E-state index in [0.29, 0.717) is 42.3 Å². The van der Waals surface area contributed by atoms with Crippen molar-refractivity contribution in [3.05, 3.63) is 121 Å². The predicted octanol–water partition coefficient (Wildman–Crippen LogP) is 6.29. The summed E-state index contributed by atoms with van der Waals surface area (Å²) < 4.78 is 40.0. The first-order valence-corrected chi connectivity index (χ1v) is 17.1. The quantitative estimate of drug-likeness (QED) is 0.0643. The van der Waals surface area contributed by atoms with Gasteiger partial charge in [0.15, 0.2) is 0 Å². The summed E-state index contributed by atoms with van der Waals surface area (Å²) >= 11 is 0. The number of hydrazine groups is 1. The fraction of sp³-hybridized carbons (Fsp3) is 0.270. The van der Waals surface area contributed by atoms with Crippen molar-refractivity contribution in [3.63, 3.8) is 0 Å². The Morgan fingerprint density at radius 3 is 2.27 bits per heavy atom. The average molecular weight is 672 g/mol. The Morgan fingerprint density at radius 2 is 1.60 bits per heavy atom. The van der Waals surface area contributed by atoms with Crippen LogP contribution in [-0.4, -0.2) is 50.0 Å². The van der Waals surface area contributed by atoms with Gasteiger partial charge in [0.1, 0.15) is 6.10 Å². The number of amides is 2. The van der Waals surface area contributed by atoms with Gasteiger partial charge < -0.3 is 9.47 Å². The fourth-order valence-corrected chi connectivity index (χ4v) is 6.96. The van der Waals surface area contributed by atoms with Crippen LogP contribution in [0.5, 0.6) is 0 Å². The number of unbranched alkanes of at least 4 members (excludes halogenated alkanes) is 2. The summed E-state index contributed by atoms with van der Waals surface area (Å²) in [6, 6.07) is 21.8. The third-order valence-electron chi connectivity index (χ3n) is 7.76. The number of anilines is 1. The highest BCUT2D eigenvalue weighted by atomic mass is 32.2. The van der Waals surface area contributed by atoms with Gasteiger partial charge in [-0.25, -0.2) is 17.4 Å². The molecule has 0 aliphatic carbocycles. The summed E-state index contributed by atoms with van der Waals surface area (Å²) in [5.41, 5.74) is 4.67. The Kier molecular flexibility index (Phi) is 12.5. The summed E-state index contributed by atoms with van der Waals surface area (Å²) in [4.78, 5) is 40.1. The maximum atomic E-state index is 14.3. The smallest absolute Gasteiger partial charge is 0.305 e. The number of hydrogen-bond acceptors (Lipinski definition) is 7. The molecule has 1 unspecified atom stereocenters. The van der Waals surface area contributed by atoms with Crippen molar-refractivity contribution < 1.29 is 32.3 Å². The lowest BCUT2D eigenvalue weighted by Gasteiger charge is -2.28. The summed E-state index contributed by atoms with van der Waals surface area (Å²) in [6.45, 7) is 9.49. The van der Waals surface area contributed by atoms with Crippen LogP contribution in [-0.2, 0) is 35.5 Å². The predicted molar refractivity (Wildman–Crippen MR) is 186 cm³/mol. The molecule has 48 heavy (non-hydrogen) atoms. The van der Waals surface area contributed by atoms with E-state index in [0.717, 1.165) is 10.6 Å². The standard InChI is InChI=1S/C37H41N3O7S/c1-5-15-32-35(30-18-13-14-19-31(30)40(32)48(44,45)29-24-22-27(3)23-25-29)36(42)38-39(28-16-9-7-10-17-28)37(43)33(47-26-6-2)20-11-8-12-21-34(41)46-4/h5-7,9-10,13-14,16-19,22-25,33H,1-2,8,11-12,15,20-21,26H2,3-4H3,(H,38,42). The number of allylic oxidation sites excluding steroid dienone is 1. The molecule has 10 nitrogen and oxygen atoms in total. The van der Waals surface area contributed by atoms with E-state index in [1.165, 1.54) is 35.4 Å². The van der Waals surface area contributed by atoms with Crippen molar-refractivity contribution >= 4 is 44.4 Å². The number of fused-ring (bicyclic) bond motifs is 1. The number of ether oxygens (including phenoxy) is 2. The number of para-hydroxylation sites is 2. The van der Waals surface area contributed by atoms with Gasteiger partial charge in [0.25, 0.3) is 21.8 Å². The minimum absolute atomic E-state index is 0.0540. The lowest BCUT2D eigenvalue weighted by atomic mass is 10.1. The molecule has 11 heteroatoms. The first-order valence-electron chi connectivity index (χ1n) is 15.7. The Bertz CT molecular complexity index is 1870. The molecule has 1 atom stereocenters. The molecule has 4 rings (SSSR count). The zero-order valence-electron chi connectivity index (χ0n) is 27.3. The topological polar surface area (TPSA) is 124 Å². The number of benzene rings is 3. The molecule has 0 radical (unpaired) electrons. The molecule has 1 N–H and O–H groups in total. The highest BCUT2D eigenvalue weighted by Gasteiger charge is 2.32. The highest BCUT2D eigenvalue weighted by Crippen LogP contribution is 2.32. The largest absolute Gasteiger partial charge is 0.469 e. The number of aryl methyl sites for hydroxylation is 1. The van der Waals surface area contributed by atoms with E-state index in [2.05, 4.69) is 18.6 Å². The second kappa shape index (κ2) is 16.7. The number of nitrogens with one attached hydrogen (secondary N) is 1. The van der Waals surface area contributed by atoms with Crippen LogP contribution in [0.25, 0.3) is 10.9 Å². The lowest BCUT2D eigenvalue weighted by molar-refractivity contribution is -0.140. The Balaban J connectivity index is 1.74. The maximum Gasteiger partial charge on any atom is 0.305 e. The number of aromatic nitrogens is 1. The molecular formula is C37H41N3O7S. The summed E-state index contributed by atoms with van der Waals surface area (Å²) in [5.74, 6) is -1.50. The third-order valence-corrected chi connectivity index (χ3v) is 9.53. The Labute approximate surface area is 281 Å². The van der Waals surface area contributed by atoms with Gasteiger partial charge in [0.2, 0.25) is 0 Å². The van der Waals surface area contributed by atoms with Gasteiger partial charge >= 0.3 is 5.97 Å². The van der Waals surface area contributed by atoms with Gasteiger partial charge in [0.05, 0.1) is 41.1 Å². The van der Waals surface area contributed by atoms with Gasteiger partial charge in [-0.05, 0) is 50.1 Å². The number of methoxy groups -OCH3 is 1. The Morgan fingerprint density at radius 1 is 0.917 bits per heavy atom. The number of nitrogens with zero attached hydrogens (tertiary/aromatic N) is 2. The second-order valence-electron chi connectivity index (χ2n) is 11.2. The van der Waals surface area contributed by atoms with Crippen LogP contribution in [0.1, 0.15) is 53.7 Å². The van der Waals surface area contributed by atoms with Crippen LogP contribution < -0.4 is 10.4 Å². The minimum Gasteiger partial charge on any atom is -0.469 e. The number of rotatable bonds is 16. The molecule has 0 spiro atoms. The Hall–Kier alpha value is -5.00. The van der Waals surface area contributed by atoms with Crippen LogP contribution in [0, 0.1) is 6.92 Å². The molecule has 3 aromatic carbocycles. The van der Waals surface area contributed by atoms with Gasteiger partial charge in [-0.1, -0.05) is 79.1 Å². The van der Waals surface area contributed by atoms with E-state index in [-0.39, 0.29) is 41.6 Å². The maximum absolute atomic E-state index is 14.3. The molecule has 0 saturated heterocycles. The van der Waals surface area contributed by atoms with Crippen molar-refractivity contribution in [1.82, 2.24) is 9.40 Å². The average Bonchev–Trinajstić information content (AvgIpc) is 3.43. The van der Waals surface area contributed by atoms with Gasteiger partial charge in [-0.15, -0.1) is 13.2 Å². The molecule has 1 aromatic heterocycles. The molecule has 0 bridgehead atoms. The number of esters is 1. The van der Waals surface area contributed by atoms with E-state index in [9.17, 15) is 22.8 Å². The van der Waals surface area contributed by atoms with Crippen LogP contribution >= 0.6 is 0 Å². The van der Waals surface area contributed by atoms with E-state index in [1.807, 2.05) is 6.92 Å². The molecule has 0 aliphatic rings. The molecule has 252 valence electrons. The van der Waals surface area contributed by atoms with Crippen molar-refractivity contribution in [2.45, 2.75) is 56.4 Å². The molecule has 1 heterocycles. The molecular weight excluding hydrogens is 630 g/mol.